The van der Waals surface area contributed by atoms with Crippen LogP contribution in [0.3, 0.4) is 0 Å². The van der Waals surface area contributed by atoms with E-state index in [0.29, 0.717) is 35.5 Å². The standard InChI is InChI=1S/C28H24N4O5S2/c29-15-24-12-20(18-38-24)16-32-11-10-26(27(32)33)31-39(35,36)25-9-7-21-6-8-23(13-22(21)14-25)30-28(34)37-17-19-4-2-1-3-5-19/h1-9,12-14,18,26,31H,10-11,16-17H2,(H,30,34)/t26-/m0/s1. The number of carbonyl (C=O) groups is 2. The zero-order valence-corrected chi connectivity index (χ0v) is 22.3. The molecule has 0 spiro atoms. The van der Waals surface area contributed by atoms with E-state index in [4.69, 9.17) is 10.00 Å². The minimum absolute atomic E-state index is 0.0153. The first-order valence-corrected chi connectivity index (χ1v) is 14.5. The predicted octanol–water partition coefficient (Wildman–Crippen LogP) is 4.60. The monoisotopic (exact) mass is 560 g/mol. The molecular formula is C28H24N4O5S2. The van der Waals surface area contributed by atoms with Crippen molar-refractivity contribution in [3.63, 3.8) is 0 Å². The SMILES string of the molecule is N#Cc1cc(CN2CC[C@H](NS(=O)(=O)c3ccc4ccc(NC(=O)OCc5ccccc5)cc4c3)C2=O)cs1. The van der Waals surface area contributed by atoms with E-state index >= 15 is 0 Å². The smallest absolute Gasteiger partial charge is 0.411 e. The molecule has 4 aromatic rings. The van der Waals surface area contributed by atoms with Crippen LogP contribution in [0.25, 0.3) is 10.8 Å². The molecule has 9 nitrogen and oxygen atoms in total. The molecule has 198 valence electrons. The van der Waals surface area contributed by atoms with Gasteiger partial charge in [-0.25, -0.2) is 13.2 Å². The highest BCUT2D eigenvalue weighted by atomic mass is 32.2. The number of ether oxygens (including phenoxy) is 1. The van der Waals surface area contributed by atoms with Crippen LogP contribution >= 0.6 is 11.3 Å². The number of hydrogen-bond donors (Lipinski definition) is 2. The van der Waals surface area contributed by atoms with Crippen LogP contribution < -0.4 is 10.0 Å². The summed E-state index contributed by atoms with van der Waals surface area (Å²) in [7, 11) is -3.99. The Morgan fingerprint density at radius 1 is 1.05 bits per heavy atom. The molecule has 3 aromatic carbocycles. The highest BCUT2D eigenvalue weighted by Gasteiger charge is 2.35. The second kappa shape index (κ2) is 11.2. The molecule has 2 heterocycles. The van der Waals surface area contributed by atoms with E-state index in [1.54, 1.807) is 35.2 Å². The first kappa shape index (κ1) is 26.4. The number of sulfonamides is 1. The molecule has 1 fully saturated rings. The molecule has 1 aliphatic rings. The molecule has 1 saturated heterocycles. The van der Waals surface area contributed by atoms with Crippen LogP contribution in [0.4, 0.5) is 10.5 Å². The van der Waals surface area contributed by atoms with Gasteiger partial charge in [-0.2, -0.15) is 9.98 Å². The number of nitrogens with one attached hydrogen (secondary N) is 2. The molecule has 1 aromatic heterocycles. The van der Waals surface area contributed by atoms with E-state index in [1.807, 2.05) is 35.7 Å². The first-order valence-electron chi connectivity index (χ1n) is 12.1. The minimum Gasteiger partial charge on any atom is -0.444 e. The van der Waals surface area contributed by atoms with Crippen LogP contribution in [-0.4, -0.2) is 37.9 Å². The lowest BCUT2D eigenvalue weighted by Gasteiger charge is -2.17. The van der Waals surface area contributed by atoms with E-state index < -0.39 is 22.2 Å². The molecule has 0 bridgehead atoms. The molecule has 0 radical (unpaired) electrons. The fourth-order valence-corrected chi connectivity index (χ4v) is 6.30. The second-order valence-corrected chi connectivity index (χ2v) is 11.7. The number of nitrogens with zero attached hydrogens (tertiary/aromatic N) is 2. The summed E-state index contributed by atoms with van der Waals surface area (Å²) in [5.74, 6) is -0.301. The van der Waals surface area contributed by atoms with Gasteiger partial charge >= 0.3 is 6.09 Å². The number of fused-ring (bicyclic) bond motifs is 1. The van der Waals surface area contributed by atoms with E-state index in [2.05, 4.69) is 16.1 Å². The summed E-state index contributed by atoms with van der Waals surface area (Å²) in [5, 5.41) is 14.9. The predicted molar refractivity (Wildman–Crippen MR) is 147 cm³/mol. The Kier molecular flexibility index (Phi) is 7.60. The highest BCUT2D eigenvalue weighted by Crippen LogP contribution is 2.25. The van der Waals surface area contributed by atoms with Crippen LogP contribution in [-0.2, 0) is 32.7 Å². The van der Waals surface area contributed by atoms with Gasteiger partial charge in [0, 0.05) is 18.8 Å². The van der Waals surface area contributed by atoms with E-state index in [9.17, 15) is 18.0 Å². The van der Waals surface area contributed by atoms with Crippen molar-refractivity contribution in [3.05, 3.63) is 94.2 Å². The number of carbonyl (C=O) groups excluding carboxylic acids is 2. The summed E-state index contributed by atoms with van der Waals surface area (Å²) in [5.41, 5.74) is 2.16. The zero-order chi connectivity index (χ0) is 27.4. The van der Waals surface area contributed by atoms with Crippen molar-refractivity contribution in [2.75, 3.05) is 11.9 Å². The second-order valence-electron chi connectivity index (χ2n) is 9.06. The lowest BCUT2D eigenvalue weighted by Crippen LogP contribution is -2.41. The number of nitriles is 1. The lowest BCUT2D eigenvalue weighted by molar-refractivity contribution is -0.129. The topological polar surface area (TPSA) is 129 Å². The van der Waals surface area contributed by atoms with Gasteiger partial charge in [-0.05, 0) is 64.0 Å². The van der Waals surface area contributed by atoms with Gasteiger partial charge in [0.25, 0.3) is 0 Å². The van der Waals surface area contributed by atoms with Gasteiger partial charge < -0.3 is 9.64 Å². The van der Waals surface area contributed by atoms with Crippen LogP contribution in [0.1, 0.15) is 22.4 Å². The Hall–Kier alpha value is -4.24. The van der Waals surface area contributed by atoms with Crippen LogP contribution in [0.5, 0.6) is 0 Å². The normalized spacial score (nSPS) is 15.3. The van der Waals surface area contributed by atoms with Crippen molar-refractivity contribution < 1.29 is 22.7 Å². The quantitative estimate of drug-likeness (QED) is 0.324. The van der Waals surface area contributed by atoms with Gasteiger partial charge in [0.2, 0.25) is 15.9 Å². The highest BCUT2D eigenvalue weighted by molar-refractivity contribution is 7.89. The van der Waals surface area contributed by atoms with Gasteiger partial charge in [-0.15, -0.1) is 11.3 Å². The molecule has 0 aliphatic carbocycles. The molecule has 11 heteroatoms. The fraction of sp³-hybridized carbons (Fsp3) is 0.179. The van der Waals surface area contributed by atoms with Crippen molar-refractivity contribution in [1.82, 2.24) is 9.62 Å². The molecule has 5 rings (SSSR count). The van der Waals surface area contributed by atoms with E-state index in [-0.39, 0.29) is 17.4 Å². The van der Waals surface area contributed by atoms with Crippen molar-refractivity contribution in [2.45, 2.75) is 30.5 Å². The Labute approximate surface area is 229 Å². The largest absolute Gasteiger partial charge is 0.444 e. The Morgan fingerprint density at radius 2 is 1.85 bits per heavy atom. The molecule has 2 amide bonds. The average molecular weight is 561 g/mol. The molecule has 0 unspecified atom stereocenters. The summed E-state index contributed by atoms with van der Waals surface area (Å²) >= 11 is 1.31. The van der Waals surface area contributed by atoms with Crippen LogP contribution in [0, 0.1) is 11.3 Å². The third-order valence-electron chi connectivity index (χ3n) is 6.31. The van der Waals surface area contributed by atoms with E-state index in [1.165, 1.54) is 23.5 Å². The summed E-state index contributed by atoms with van der Waals surface area (Å²) in [4.78, 5) is 27.3. The van der Waals surface area contributed by atoms with Gasteiger partial charge in [-0.1, -0.05) is 42.5 Å². The summed E-state index contributed by atoms with van der Waals surface area (Å²) in [6, 6.07) is 22.0. The maximum Gasteiger partial charge on any atom is 0.411 e. The Morgan fingerprint density at radius 3 is 2.62 bits per heavy atom. The maximum absolute atomic E-state index is 13.2. The Balaban J connectivity index is 1.24. The van der Waals surface area contributed by atoms with E-state index in [0.717, 1.165) is 16.5 Å². The Bertz CT molecular complexity index is 1680. The molecule has 1 aliphatic heterocycles. The third kappa shape index (κ3) is 6.26. The zero-order valence-electron chi connectivity index (χ0n) is 20.7. The first-order chi connectivity index (χ1) is 18.8. The number of rotatable bonds is 8. The third-order valence-corrected chi connectivity index (χ3v) is 8.67. The molecule has 39 heavy (non-hydrogen) atoms. The molecular weight excluding hydrogens is 536 g/mol. The molecule has 0 saturated carbocycles. The van der Waals surface area contributed by atoms with Gasteiger partial charge in [0.05, 0.1) is 4.90 Å². The van der Waals surface area contributed by atoms with Crippen molar-refractivity contribution in [3.8, 4) is 6.07 Å². The summed E-state index contributed by atoms with van der Waals surface area (Å²) in [6.07, 6.45) is -0.278. The summed E-state index contributed by atoms with van der Waals surface area (Å²) in [6.45, 7) is 0.867. The number of likely N-dealkylation sites (tertiary alicyclic amines) is 1. The van der Waals surface area contributed by atoms with Crippen LogP contribution in [0.2, 0.25) is 0 Å². The number of amides is 2. The van der Waals surface area contributed by atoms with Gasteiger partial charge in [0.1, 0.15) is 23.6 Å². The fourth-order valence-electron chi connectivity index (χ4n) is 4.34. The lowest BCUT2D eigenvalue weighted by atomic mass is 10.1. The molecule has 2 N–H and O–H groups in total. The number of anilines is 1. The van der Waals surface area contributed by atoms with Gasteiger partial charge in [-0.3, -0.25) is 10.1 Å². The molecule has 1 atom stereocenters. The van der Waals surface area contributed by atoms with Crippen molar-refractivity contribution in [2.24, 2.45) is 0 Å². The minimum atomic E-state index is -3.99. The summed E-state index contributed by atoms with van der Waals surface area (Å²) < 4.78 is 34.1. The number of benzene rings is 3. The maximum atomic E-state index is 13.2. The van der Waals surface area contributed by atoms with Crippen molar-refractivity contribution in [1.29, 1.82) is 5.26 Å². The van der Waals surface area contributed by atoms with Gasteiger partial charge in [0.15, 0.2) is 0 Å². The van der Waals surface area contributed by atoms with Crippen molar-refractivity contribution >= 4 is 49.8 Å². The van der Waals surface area contributed by atoms with Crippen LogP contribution in [0.15, 0.2) is 83.1 Å². The number of thiophene rings is 1. The number of hydrogen-bond acceptors (Lipinski definition) is 7. The average Bonchev–Trinajstić information content (AvgIpc) is 3.54.